The van der Waals surface area contributed by atoms with Gasteiger partial charge in [0.1, 0.15) is 0 Å². The Bertz CT molecular complexity index is 465. The predicted molar refractivity (Wildman–Crippen MR) is 86.1 cm³/mol. The molecule has 1 N–H and O–H groups in total. The average Bonchev–Trinajstić information content (AvgIpc) is 3.08. The summed E-state index contributed by atoms with van der Waals surface area (Å²) in [6, 6.07) is 2.23. The fraction of sp³-hybridized carbons (Fsp3) is 0.706. The van der Waals surface area contributed by atoms with Crippen LogP contribution in [0.15, 0.2) is 6.07 Å². The maximum atomic E-state index is 12.4. The normalized spacial score (nSPS) is 24.0. The molecule has 0 bridgehead atoms. The van der Waals surface area contributed by atoms with Crippen LogP contribution >= 0.6 is 11.3 Å². The first-order valence-electron chi connectivity index (χ1n) is 8.28. The van der Waals surface area contributed by atoms with E-state index in [-0.39, 0.29) is 18.1 Å². The highest BCUT2D eigenvalue weighted by Gasteiger charge is 2.25. The molecule has 0 spiro atoms. The van der Waals surface area contributed by atoms with Crippen LogP contribution in [0, 0.1) is 0 Å². The van der Waals surface area contributed by atoms with Crippen LogP contribution in [-0.4, -0.2) is 24.7 Å². The number of carbonyl (C=O) groups is 1. The number of rotatable bonds is 3. The van der Waals surface area contributed by atoms with Crippen LogP contribution in [-0.2, 0) is 17.6 Å². The number of amides is 1. The lowest BCUT2D eigenvalue weighted by Crippen LogP contribution is -2.40. The van der Waals surface area contributed by atoms with Crippen LogP contribution in [0.3, 0.4) is 0 Å². The van der Waals surface area contributed by atoms with Gasteiger partial charge in [0, 0.05) is 11.5 Å². The van der Waals surface area contributed by atoms with Crippen LogP contribution in [0.4, 0.5) is 0 Å². The molecule has 1 saturated heterocycles. The number of carbonyl (C=O) groups excluding carboxylic acids is 1. The van der Waals surface area contributed by atoms with Crippen molar-refractivity contribution in [2.24, 2.45) is 0 Å². The van der Waals surface area contributed by atoms with Gasteiger partial charge in [-0.1, -0.05) is 12.8 Å². The van der Waals surface area contributed by atoms with Crippen LogP contribution in [0.2, 0.25) is 0 Å². The summed E-state index contributed by atoms with van der Waals surface area (Å²) in [6.07, 6.45) is 9.82. The van der Waals surface area contributed by atoms with Gasteiger partial charge in [-0.15, -0.1) is 11.3 Å². The molecule has 21 heavy (non-hydrogen) atoms. The Hall–Kier alpha value is -0.870. The number of fused-ring (bicyclic) bond motifs is 1. The topological polar surface area (TPSA) is 38.3 Å². The lowest BCUT2D eigenvalue weighted by atomic mass is 10.00. The third kappa shape index (κ3) is 3.67. The van der Waals surface area contributed by atoms with E-state index >= 15 is 0 Å². The van der Waals surface area contributed by atoms with Gasteiger partial charge in [0.25, 0.3) is 5.91 Å². The van der Waals surface area contributed by atoms with Crippen molar-refractivity contribution in [3.05, 3.63) is 21.4 Å². The number of aryl methyl sites for hydroxylation is 2. The van der Waals surface area contributed by atoms with Crippen molar-refractivity contribution in [1.82, 2.24) is 5.32 Å². The van der Waals surface area contributed by atoms with Gasteiger partial charge in [-0.25, -0.2) is 0 Å². The molecule has 1 fully saturated rings. The second-order valence-electron chi connectivity index (χ2n) is 6.29. The highest BCUT2D eigenvalue weighted by molar-refractivity contribution is 7.14. The molecule has 1 aliphatic carbocycles. The van der Waals surface area contributed by atoms with Gasteiger partial charge >= 0.3 is 0 Å². The minimum atomic E-state index is 0.0785. The molecule has 2 atom stereocenters. The van der Waals surface area contributed by atoms with Gasteiger partial charge in [-0.3, -0.25) is 4.79 Å². The van der Waals surface area contributed by atoms with Crippen LogP contribution in [0.25, 0.3) is 0 Å². The molecule has 3 nitrogen and oxygen atoms in total. The smallest absolute Gasteiger partial charge is 0.261 e. The summed E-state index contributed by atoms with van der Waals surface area (Å²) in [7, 11) is 0. The van der Waals surface area contributed by atoms with Crippen LogP contribution in [0.1, 0.15) is 65.6 Å². The molecule has 1 aliphatic heterocycles. The maximum Gasteiger partial charge on any atom is 0.261 e. The van der Waals surface area contributed by atoms with E-state index in [4.69, 9.17) is 4.74 Å². The maximum absolute atomic E-state index is 12.4. The van der Waals surface area contributed by atoms with E-state index in [0.717, 1.165) is 37.2 Å². The molecule has 0 radical (unpaired) electrons. The molecule has 0 saturated carbocycles. The Morgan fingerprint density at radius 2 is 2.10 bits per heavy atom. The molecule has 0 unspecified atom stereocenters. The Labute approximate surface area is 131 Å². The molecule has 0 aromatic carbocycles. The Morgan fingerprint density at radius 3 is 2.86 bits per heavy atom. The molecule has 116 valence electrons. The minimum absolute atomic E-state index is 0.0785. The highest BCUT2D eigenvalue weighted by atomic mass is 32.1. The highest BCUT2D eigenvalue weighted by Crippen LogP contribution is 2.28. The molecular formula is C17H25NO2S. The van der Waals surface area contributed by atoms with Crippen molar-refractivity contribution in [2.75, 3.05) is 6.61 Å². The molecule has 1 amide bonds. The minimum Gasteiger partial charge on any atom is -0.376 e. The molecule has 3 rings (SSSR count). The lowest BCUT2D eigenvalue weighted by Gasteiger charge is -2.19. The standard InChI is InChI=1S/C17H25NO2S/c1-12(14-8-6-10-20-14)18-17(19)16-11-13-7-4-2-3-5-9-15(13)21-16/h11-12,14H,2-10H2,1H3,(H,18,19)/t12-,14-/m0/s1. The molecular weight excluding hydrogens is 282 g/mol. The summed E-state index contributed by atoms with van der Waals surface area (Å²) in [5.74, 6) is 0.0785. The Morgan fingerprint density at radius 1 is 1.29 bits per heavy atom. The first-order chi connectivity index (χ1) is 10.2. The largest absolute Gasteiger partial charge is 0.376 e. The summed E-state index contributed by atoms with van der Waals surface area (Å²) in [5.41, 5.74) is 1.41. The lowest BCUT2D eigenvalue weighted by molar-refractivity contribution is 0.0714. The Balaban J connectivity index is 1.65. The summed E-state index contributed by atoms with van der Waals surface area (Å²) in [6.45, 7) is 2.88. The summed E-state index contributed by atoms with van der Waals surface area (Å²) in [4.78, 5) is 14.8. The summed E-state index contributed by atoms with van der Waals surface area (Å²) in [5, 5.41) is 3.12. The van der Waals surface area contributed by atoms with E-state index in [2.05, 4.69) is 18.3 Å². The predicted octanol–water partition coefficient (Wildman–Crippen LogP) is 3.70. The zero-order valence-corrected chi connectivity index (χ0v) is 13.6. The van der Waals surface area contributed by atoms with Crippen molar-refractivity contribution >= 4 is 17.2 Å². The molecule has 1 aromatic heterocycles. The fourth-order valence-corrected chi connectivity index (χ4v) is 4.48. The van der Waals surface area contributed by atoms with Crippen molar-refractivity contribution in [3.63, 3.8) is 0 Å². The van der Waals surface area contributed by atoms with E-state index in [1.807, 2.05) is 0 Å². The number of ether oxygens (including phenoxy) is 1. The zero-order valence-electron chi connectivity index (χ0n) is 12.8. The quantitative estimate of drug-likeness (QED) is 0.924. The van der Waals surface area contributed by atoms with Crippen molar-refractivity contribution in [1.29, 1.82) is 0 Å². The zero-order chi connectivity index (χ0) is 14.7. The molecule has 2 aliphatic rings. The van der Waals surface area contributed by atoms with E-state index in [1.165, 1.54) is 36.1 Å². The number of thiophene rings is 1. The average molecular weight is 307 g/mol. The molecule has 1 aromatic rings. The summed E-state index contributed by atoms with van der Waals surface area (Å²) >= 11 is 1.70. The summed E-state index contributed by atoms with van der Waals surface area (Å²) < 4.78 is 5.65. The second kappa shape index (κ2) is 6.93. The van der Waals surface area contributed by atoms with Gasteiger partial charge in [0.15, 0.2) is 0 Å². The van der Waals surface area contributed by atoms with Crippen molar-refractivity contribution in [3.8, 4) is 0 Å². The fourth-order valence-electron chi connectivity index (χ4n) is 3.32. The van der Waals surface area contributed by atoms with Gasteiger partial charge in [-0.2, -0.15) is 0 Å². The van der Waals surface area contributed by atoms with Crippen LogP contribution < -0.4 is 5.32 Å². The van der Waals surface area contributed by atoms with E-state index in [1.54, 1.807) is 11.3 Å². The number of hydrogen-bond acceptors (Lipinski definition) is 3. The van der Waals surface area contributed by atoms with Gasteiger partial charge in [0.2, 0.25) is 0 Å². The molecule has 4 heteroatoms. The number of hydrogen-bond donors (Lipinski definition) is 1. The second-order valence-corrected chi connectivity index (χ2v) is 7.42. The van der Waals surface area contributed by atoms with Crippen molar-refractivity contribution < 1.29 is 9.53 Å². The first kappa shape index (κ1) is 15.0. The third-order valence-electron chi connectivity index (χ3n) is 4.60. The van der Waals surface area contributed by atoms with E-state index in [0.29, 0.717) is 0 Å². The number of nitrogens with one attached hydrogen (secondary N) is 1. The Kier molecular flexibility index (Phi) is 4.96. The van der Waals surface area contributed by atoms with E-state index < -0.39 is 0 Å². The van der Waals surface area contributed by atoms with E-state index in [9.17, 15) is 4.79 Å². The van der Waals surface area contributed by atoms with Crippen molar-refractivity contribution in [2.45, 2.75) is 70.4 Å². The third-order valence-corrected chi connectivity index (χ3v) is 5.84. The van der Waals surface area contributed by atoms with Gasteiger partial charge in [0.05, 0.1) is 17.0 Å². The monoisotopic (exact) mass is 307 g/mol. The van der Waals surface area contributed by atoms with Crippen LogP contribution in [0.5, 0.6) is 0 Å². The first-order valence-corrected chi connectivity index (χ1v) is 9.10. The van der Waals surface area contributed by atoms with Gasteiger partial charge in [-0.05, 0) is 57.1 Å². The molecule has 2 heterocycles. The SMILES string of the molecule is C[C@H](NC(=O)c1cc2c(s1)CCCCCC2)[C@@H]1CCCO1. The van der Waals surface area contributed by atoms with Gasteiger partial charge < -0.3 is 10.1 Å².